The molecular weight excluding hydrogens is 216 g/mol. The van der Waals surface area contributed by atoms with Gasteiger partial charge in [0.2, 0.25) is 0 Å². The van der Waals surface area contributed by atoms with Crippen LogP contribution in [0.4, 0.5) is 0 Å². The van der Waals surface area contributed by atoms with Crippen LogP contribution in [0.25, 0.3) is 0 Å². The molecule has 4 heteroatoms. The van der Waals surface area contributed by atoms with E-state index >= 15 is 0 Å². The second-order valence-corrected chi connectivity index (χ2v) is 3.26. The van der Waals surface area contributed by atoms with Gasteiger partial charge in [0.15, 0.2) is 0 Å². The number of carbonyl (C=O) groups excluding carboxylic acids is 2. The zero-order chi connectivity index (χ0) is 11.3. The van der Waals surface area contributed by atoms with E-state index in [-0.39, 0.29) is 12.4 Å². The van der Waals surface area contributed by atoms with Gasteiger partial charge in [0.25, 0.3) is 5.24 Å². The second-order valence-electron chi connectivity index (χ2n) is 2.91. The molecule has 0 atom stereocenters. The summed E-state index contributed by atoms with van der Waals surface area (Å²) >= 11 is 5.38. The van der Waals surface area contributed by atoms with Crippen molar-refractivity contribution < 1.29 is 14.3 Å². The van der Waals surface area contributed by atoms with Crippen LogP contribution in [-0.2, 0) is 16.0 Å². The van der Waals surface area contributed by atoms with Gasteiger partial charge in [0.1, 0.15) is 0 Å². The second kappa shape index (κ2) is 5.51. The highest BCUT2D eigenvalue weighted by Gasteiger charge is 2.11. The number of esters is 1. The molecule has 0 unspecified atom stereocenters. The Morgan fingerprint density at radius 2 is 2.00 bits per heavy atom. The van der Waals surface area contributed by atoms with E-state index in [1.807, 2.05) is 0 Å². The Labute approximate surface area is 93.0 Å². The first-order chi connectivity index (χ1) is 7.15. The largest absolute Gasteiger partial charge is 0.466 e. The number of rotatable bonds is 4. The fraction of sp³-hybridized carbons (Fsp3) is 0.273. The molecule has 15 heavy (non-hydrogen) atoms. The van der Waals surface area contributed by atoms with E-state index in [4.69, 9.17) is 16.3 Å². The molecule has 0 saturated carbocycles. The fourth-order valence-corrected chi connectivity index (χ4v) is 1.42. The van der Waals surface area contributed by atoms with Crippen molar-refractivity contribution in [3.05, 3.63) is 35.4 Å². The molecule has 0 aliphatic rings. The molecule has 0 radical (unpaired) electrons. The number of hydrogen-bond donors (Lipinski definition) is 0. The van der Waals surface area contributed by atoms with E-state index in [2.05, 4.69) is 0 Å². The average molecular weight is 227 g/mol. The van der Waals surface area contributed by atoms with Crippen molar-refractivity contribution in [2.45, 2.75) is 13.3 Å². The van der Waals surface area contributed by atoms with Gasteiger partial charge in [-0.05, 0) is 30.2 Å². The summed E-state index contributed by atoms with van der Waals surface area (Å²) < 4.78 is 4.79. The smallest absolute Gasteiger partial charge is 0.310 e. The lowest BCUT2D eigenvalue weighted by molar-refractivity contribution is -0.142. The van der Waals surface area contributed by atoms with Gasteiger partial charge in [-0.25, -0.2) is 0 Å². The van der Waals surface area contributed by atoms with Crippen molar-refractivity contribution in [2.75, 3.05) is 6.61 Å². The molecular formula is C11H11ClO3. The zero-order valence-corrected chi connectivity index (χ0v) is 9.08. The molecule has 1 aromatic rings. The lowest BCUT2D eigenvalue weighted by Crippen LogP contribution is -2.10. The predicted molar refractivity (Wildman–Crippen MR) is 57.0 cm³/mol. The van der Waals surface area contributed by atoms with Gasteiger partial charge in [0, 0.05) is 5.56 Å². The highest BCUT2D eigenvalue weighted by Crippen LogP contribution is 2.12. The van der Waals surface area contributed by atoms with E-state index in [1.54, 1.807) is 31.2 Å². The fourth-order valence-electron chi connectivity index (χ4n) is 1.23. The third-order valence-electron chi connectivity index (χ3n) is 1.87. The summed E-state index contributed by atoms with van der Waals surface area (Å²) in [6.07, 6.45) is 0.0719. The van der Waals surface area contributed by atoms with Crippen LogP contribution >= 0.6 is 11.6 Å². The summed E-state index contributed by atoms with van der Waals surface area (Å²) in [6.45, 7) is 2.06. The summed E-state index contributed by atoms with van der Waals surface area (Å²) in [7, 11) is 0. The lowest BCUT2D eigenvalue weighted by Gasteiger charge is -2.05. The Morgan fingerprint density at radius 1 is 1.33 bits per heavy atom. The summed E-state index contributed by atoms with van der Waals surface area (Å²) in [6, 6.07) is 6.72. The van der Waals surface area contributed by atoms with Crippen molar-refractivity contribution in [3.8, 4) is 0 Å². The van der Waals surface area contributed by atoms with E-state index in [0.29, 0.717) is 17.7 Å². The van der Waals surface area contributed by atoms with Crippen LogP contribution < -0.4 is 0 Å². The summed E-state index contributed by atoms with van der Waals surface area (Å²) in [5.41, 5.74) is 0.947. The van der Waals surface area contributed by atoms with E-state index in [9.17, 15) is 9.59 Å². The minimum absolute atomic E-state index is 0.0719. The minimum atomic E-state index is -0.560. The molecule has 1 rings (SSSR count). The monoisotopic (exact) mass is 226 g/mol. The zero-order valence-electron chi connectivity index (χ0n) is 8.33. The van der Waals surface area contributed by atoms with Crippen LogP contribution in [0.5, 0.6) is 0 Å². The van der Waals surface area contributed by atoms with Crippen LogP contribution in [0.1, 0.15) is 22.8 Å². The SMILES string of the molecule is CCOC(=O)Cc1ccccc1C(=O)Cl. The third-order valence-corrected chi connectivity index (χ3v) is 2.07. The quantitative estimate of drug-likeness (QED) is 0.584. The van der Waals surface area contributed by atoms with Crippen LogP contribution in [0.3, 0.4) is 0 Å². The Balaban J connectivity index is 2.84. The van der Waals surface area contributed by atoms with E-state index in [1.165, 1.54) is 0 Å². The molecule has 1 aromatic carbocycles. The predicted octanol–water partition coefficient (Wildman–Crippen LogP) is 2.17. The normalized spacial score (nSPS) is 9.73. The third kappa shape index (κ3) is 3.36. The first-order valence-corrected chi connectivity index (χ1v) is 4.96. The van der Waals surface area contributed by atoms with Crippen molar-refractivity contribution in [3.63, 3.8) is 0 Å². The van der Waals surface area contributed by atoms with Crippen LogP contribution in [0.2, 0.25) is 0 Å². The van der Waals surface area contributed by atoms with Crippen LogP contribution in [0, 0.1) is 0 Å². The molecule has 0 spiro atoms. The number of ether oxygens (including phenoxy) is 1. The van der Waals surface area contributed by atoms with Gasteiger partial charge in [-0.15, -0.1) is 0 Å². The molecule has 0 N–H and O–H groups in total. The van der Waals surface area contributed by atoms with Gasteiger partial charge in [-0.2, -0.15) is 0 Å². The number of hydrogen-bond acceptors (Lipinski definition) is 3. The van der Waals surface area contributed by atoms with Crippen molar-refractivity contribution in [1.29, 1.82) is 0 Å². The van der Waals surface area contributed by atoms with E-state index in [0.717, 1.165) is 0 Å². The average Bonchev–Trinajstić information content (AvgIpc) is 2.18. The lowest BCUT2D eigenvalue weighted by atomic mass is 10.1. The molecule has 0 bridgehead atoms. The maximum atomic E-state index is 11.2. The molecule has 3 nitrogen and oxygen atoms in total. The Kier molecular flexibility index (Phi) is 4.31. The van der Waals surface area contributed by atoms with Gasteiger partial charge >= 0.3 is 5.97 Å². The maximum Gasteiger partial charge on any atom is 0.310 e. The topological polar surface area (TPSA) is 43.4 Å². The summed E-state index contributed by atoms with van der Waals surface area (Å²) in [5.74, 6) is -0.358. The maximum absolute atomic E-state index is 11.2. The number of halogens is 1. The molecule has 0 saturated heterocycles. The van der Waals surface area contributed by atoms with Gasteiger partial charge in [0.05, 0.1) is 13.0 Å². The van der Waals surface area contributed by atoms with Crippen molar-refractivity contribution >= 4 is 22.8 Å². The van der Waals surface area contributed by atoms with Gasteiger partial charge in [-0.3, -0.25) is 9.59 Å². The Hall–Kier alpha value is -1.35. The molecule has 0 heterocycles. The molecule has 0 aliphatic carbocycles. The summed E-state index contributed by atoms with van der Waals surface area (Å²) in [4.78, 5) is 22.2. The van der Waals surface area contributed by atoms with Crippen molar-refractivity contribution in [1.82, 2.24) is 0 Å². The molecule has 0 fully saturated rings. The number of benzene rings is 1. The Morgan fingerprint density at radius 3 is 2.60 bits per heavy atom. The highest BCUT2D eigenvalue weighted by molar-refractivity contribution is 6.67. The Bertz CT molecular complexity index is 374. The highest BCUT2D eigenvalue weighted by atomic mass is 35.5. The summed E-state index contributed by atoms with van der Waals surface area (Å²) in [5, 5.41) is -0.560. The molecule has 80 valence electrons. The first kappa shape index (κ1) is 11.7. The van der Waals surface area contributed by atoms with Gasteiger partial charge in [-0.1, -0.05) is 18.2 Å². The minimum Gasteiger partial charge on any atom is -0.466 e. The van der Waals surface area contributed by atoms with Gasteiger partial charge < -0.3 is 4.74 Å². The van der Waals surface area contributed by atoms with Crippen LogP contribution in [-0.4, -0.2) is 17.8 Å². The molecule has 0 aliphatic heterocycles. The molecule has 0 amide bonds. The standard InChI is InChI=1S/C11H11ClO3/c1-2-15-10(13)7-8-5-3-4-6-9(8)11(12)14/h3-6H,2,7H2,1H3. The first-order valence-electron chi connectivity index (χ1n) is 4.58. The van der Waals surface area contributed by atoms with E-state index < -0.39 is 5.24 Å². The molecule has 0 aromatic heterocycles. The number of carbonyl (C=O) groups is 2. The van der Waals surface area contributed by atoms with Crippen molar-refractivity contribution in [2.24, 2.45) is 0 Å². The van der Waals surface area contributed by atoms with Crippen LogP contribution in [0.15, 0.2) is 24.3 Å².